The molecule has 0 amide bonds. The summed E-state index contributed by atoms with van der Waals surface area (Å²) in [7, 11) is 1.63. The molecular formula is C10H16ClNO. The van der Waals surface area contributed by atoms with E-state index in [9.17, 15) is 5.11 Å². The summed E-state index contributed by atoms with van der Waals surface area (Å²) < 4.78 is 37.8. The molecule has 2 N–H and O–H groups in total. The van der Waals surface area contributed by atoms with Crippen molar-refractivity contribution in [2.75, 3.05) is 7.05 Å². The van der Waals surface area contributed by atoms with Gasteiger partial charge in [0.25, 0.3) is 0 Å². The van der Waals surface area contributed by atoms with Crippen molar-refractivity contribution in [3.05, 3.63) is 35.8 Å². The van der Waals surface area contributed by atoms with Gasteiger partial charge in [0.1, 0.15) is 0 Å². The van der Waals surface area contributed by atoms with Crippen molar-refractivity contribution in [1.29, 1.82) is 0 Å². The first-order valence-electron chi connectivity index (χ1n) is 6.25. The van der Waals surface area contributed by atoms with Gasteiger partial charge in [0.2, 0.25) is 0 Å². The zero-order valence-electron chi connectivity index (χ0n) is 12.5. The lowest BCUT2D eigenvalue weighted by atomic mass is 10.0. The predicted octanol–water partition coefficient (Wildman–Crippen LogP) is 1.75. The van der Waals surface area contributed by atoms with Crippen LogP contribution in [-0.2, 0) is 0 Å². The Morgan fingerprint density at radius 3 is 2.38 bits per heavy atom. The highest BCUT2D eigenvalue weighted by atomic mass is 35.5. The number of benzene rings is 1. The average Bonchev–Trinajstić information content (AvgIpc) is 2.32. The molecule has 0 unspecified atom stereocenters. The van der Waals surface area contributed by atoms with Crippen LogP contribution < -0.4 is 5.32 Å². The van der Waals surface area contributed by atoms with E-state index in [1.807, 2.05) is 0 Å². The van der Waals surface area contributed by atoms with E-state index >= 15 is 0 Å². The van der Waals surface area contributed by atoms with Crippen LogP contribution in [-0.4, -0.2) is 18.2 Å². The zero-order valence-corrected chi connectivity index (χ0v) is 8.33. The van der Waals surface area contributed by atoms with Crippen molar-refractivity contribution in [3.63, 3.8) is 0 Å². The molecule has 1 aromatic carbocycles. The van der Waals surface area contributed by atoms with Crippen LogP contribution in [0.4, 0.5) is 0 Å². The van der Waals surface area contributed by atoms with E-state index in [0.29, 0.717) is 0 Å². The van der Waals surface area contributed by atoms with Crippen molar-refractivity contribution >= 4 is 12.4 Å². The van der Waals surface area contributed by atoms with E-state index in [2.05, 4.69) is 5.32 Å². The summed E-state index contributed by atoms with van der Waals surface area (Å²) in [5, 5.41) is 12.7. The number of rotatable bonds is 3. The second-order valence-electron chi connectivity index (χ2n) is 2.56. The molecule has 2 atom stereocenters. The molecule has 0 saturated heterocycles. The Bertz CT molecular complexity index is 414. The van der Waals surface area contributed by atoms with Gasteiger partial charge in [0, 0.05) is 6.04 Å². The number of nitrogens with one attached hydrogen (secondary N) is 1. The first kappa shape index (κ1) is 6.02. The Morgan fingerprint density at radius 1 is 1.38 bits per heavy atom. The lowest BCUT2D eigenvalue weighted by Gasteiger charge is -2.17. The third-order valence-electron chi connectivity index (χ3n) is 1.74. The van der Waals surface area contributed by atoms with Crippen molar-refractivity contribution in [2.24, 2.45) is 0 Å². The first-order chi connectivity index (χ1) is 7.82. The van der Waals surface area contributed by atoms with Crippen molar-refractivity contribution < 1.29 is 12.0 Å². The van der Waals surface area contributed by atoms with Gasteiger partial charge in [-0.05, 0) is 19.5 Å². The van der Waals surface area contributed by atoms with Gasteiger partial charge < -0.3 is 10.4 Å². The van der Waals surface area contributed by atoms with Gasteiger partial charge >= 0.3 is 0 Å². The maximum absolute atomic E-state index is 9.96. The minimum absolute atomic E-state index is 0. The Labute approximate surface area is 92.4 Å². The van der Waals surface area contributed by atoms with E-state index < -0.39 is 30.3 Å². The minimum atomic E-state index is -1.14. The zero-order chi connectivity index (χ0) is 13.3. The highest BCUT2D eigenvalue weighted by Crippen LogP contribution is 2.15. The van der Waals surface area contributed by atoms with Gasteiger partial charge in [0.05, 0.1) is 13.0 Å². The molecule has 0 aliphatic rings. The number of hydrogen-bond acceptors (Lipinski definition) is 2. The maximum Gasteiger partial charge on any atom is 0.0940 e. The number of halogens is 1. The Morgan fingerprint density at radius 2 is 1.92 bits per heavy atom. The molecule has 0 aliphatic heterocycles. The summed E-state index contributed by atoms with van der Waals surface area (Å²) in [4.78, 5) is 0. The average molecular weight is 207 g/mol. The Balaban J connectivity index is 0.00000289. The fraction of sp³-hybridized carbons (Fsp3) is 0.400. The van der Waals surface area contributed by atoms with E-state index in [1.165, 1.54) is 0 Å². The molecule has 3 heteroatoms. The fourth-order valence-corrected chi connectivity index (χ4v) is 0.815. The molecule has 0 radical (unpaired) electrons. The molecule has 0 aliphatic carbocycles. The van der Waals surface area contributed by atoms with Crippen LogP contribution in [0, 0.1) is 0 Å². The monoisotopic (exact) mass is 206 g/mol. The van der Waals surface area contributed by atoms with Crippen molar-refractivity contribution in [1.82, 2.24) is 5.32 Å². The Kier molecular flexibility index (Phi) is 2.76. The molecule has 0 saturated carbocycles. The molecule has 0 aromatic heterocycles. The van der Waals surface area contributed by atoms with E-state index in [0.717, 1.165) is 0 Å². The van der Waals surface area contributed by atoms with Crippen LogP contribution in [0.5, 0.6) is 0 Å². The van der Waals surface area contributed by atoms with Gasteiger partial charge in [-0.15, -0.1) is 12.4 Å². The molecule has 1 aromatic rings. The number of aliphatic hydroxyl groups is 1. The van der Waals surface area contributed by atoms with Crippen molar-refractivity contribution in [2.45, 2.75) is 19.1 Å². The lowest BCUT2D eigenvalue weighted by Crippen LogP contribution is -2.28. The fourth-order valence-electron chi connectivity index (χ4n) is 0.815. The van der Waals surface area contributed by atoms with Gasteiger partial charge in [0.15, 0.2) is 0 Å². The molecule has 0 bridgehead atoms. The topological polar surface area (TPSA) is 32.3 Å². The molecule has 1 rings (SSSR count). The molecule has 74 valence electrons. The summed E-state index contributed by atoms with van der Waals surface area (Å²) in [5.74, 6) is 0. The predicted molar refractivity (Wildman–Crippen MR) is 57.2 cm³/mol. The highest BCUT2D eigenvalue weighted by molar-refractivity contribution is 5.85. The van der Waals surface area contributed by atoms with Crippen LogP contribution in [0.15, 0.2) is 30.2 Å². The number of aliphatic hydroxyl groups excluding tert-OH is 1. The third kappa shape index (κ3) is 3.35. The van der Waals surface area contributed by atoms with Gasteiger partial charge in [-0.2, -0.15) is 0 Å². The lowest BCUT2D eigenvalue weighted by molar-refractivity contribution is 0.140. The second-order valence-corrected chi connectivity index (χ2v) is 2.56. The van der Waals surface area contributed by atoms with E-state index in [-0.39, 0.29) is 30.1 Å². The third-order valence-corrected chi connectivity index (χ3v) is 1.74. The summed E-state index contributed by atoms with van der Waals surface area (Å²) in [6.45, 7) is 1.67. The molecule has 0 fully saturated rings. The van der Waals surface area contributed by atoms with Gasteiger partial charge in [-0.1, -0.05) is 30.2 Å². The normalized spacial score (nSPS) is 19.8. The highest BCUT2D eigenvalue weighted by Gasteiger charge is 2.12. The van der Waals surface area contributed by atoms with E-state index in [4.69, 9.17) is 6.85 Å². The summed E-state index contributed by atoms with van der Waals surface area (Å²) in [5.41, 5.74) is -0.0714. The van der Waals surface area contributed by atoms with Crippen LogP contribution in [0.25, 0.3) is 0 Å². The second kappa shape index (κ2) is 5.97. The Hall–Kier alpha value is -0.570. The van der Waals surface area contributed by atoms with E-state index in [1.54, 1.807) is 14.0 Å². The largest absolute Gasteiger partial charge is 0.387 e. The molecule has 0 spiro atoms. The van der Waals surface area contributed by atoms with Crippen LogP contribution in [0.1, 0.15) is 25.4 Å². The van der Waals surface area contributed by atoms with Gasteiger partial charge in [-0.25, -0.2) is 0 Å². The van der Waals surface area contributed by atoms with Gasteiger partial charge in [-0.3, -0.25) is 0 Å². The molecule has 2 nitrogen and oxygen atoms in total. The van der Waals surface area contributed by atoms with Crippen LogP contribution in [0.3, 0.4) is 0 Å². The smallest absolute Gasteiger partial charge is 0.0940 e. The first-order valence-corrected chi connectivity index (χ1v) is 3.75. The molecular weight excluding hydrogens is 186 g/mol. The maximum atomic E-state index is 9.96. The summed E-state index contributed by atoms with van der Waals surface area (Å²) in [6, 6.07) is -2.42. The summed E-state index contributed by atoms with van der Waals surface area (Å²) >= 11 is 0. The summed E-state index contributed by atoms with van der Waals surface area (Å²) in [6.07, 6.45) is -1.14. The standard InChI is InChI=1S/C10H15NO.ClH/c1-8(11-2)10(12)9-6-4-3-5-7-9;/h3-8,10-12H,1-2H3;1H/t8-,10-;/m0./s1/i3D,4D,5D,6D,7D;. The minimum Gasteiger partial charge on any atom is -0.387 e. The number of hydrogen-bond donors (Lipinski definition) is 2. The number of likely N-dealkylation sites (N-methyl/N-ethyl adjacent to an activating group) is 1. The quantitative estimate of drug-likeness (QED) is 0.790. The van der Waals surface area contributed by atoms with Crippen molar-refractivity contribution in [3.8, 4) is 0 Å². The van der Waals surface area contributed by atoms with Crippen LogP contribution in [0.2, 0.25) is 0 Å². The molecule has 13 heavy (non-hydrogen) atoms. The SMILES string of the molecule is Cl.[2H]c1c([2H])c([2H])c([C@@H](O)[C@H](C)NC)c([2H])c1[2H]. The van der Waals surface area contributed by atoms with Crippen LogP contribution >= 0.6 is 12.4 Å². The molecule has 0 heterocycles.